The molecule has 0 aromatic heterocycles. The lowest BCUT2D eigenvalue weighted by Gasteiger charge is -2.24. The maximum atomic E-state index is 7.06. The smallest absolute Gasteiger partial charge is 0.123 e. The quantitative estimate of drug-likeness (QED) is 0.0346. The van der Waals surface area contributed by atoms with Crippen LogP contribution in [0.15, 0.2) is 60.7 Å². The number of hydrogen-bond donors (Lipinski definition) is 0. The average Bonchev–Trinajstić information content (AvgIpc) is 1.06. The molecule has 95 heavy (non-hydrogen) atoms. The summed E-state index contributed by atoms with van der Waals surface area (Å²) in [6.45, 7) is 26.8. The van der Waals surface area contributed by atoms with E-state index >= 15 is 0 Å². The van der Waals surface area contributed by atoms with Gasteiger partial charge in [-0.25, -0.2) is 0 Å². The monoisotopic (exact) mass is 1950 g/mol. The van der Waals surface area contributed by atoms with Crippen LogP contribution >= 0.6 is 159 Å². The van der Waals surface area contributed by atoms with Crippen molar-refractivity contribution in [3.05, 3.63) is 116 Å². The molecule has 10 bridgehead atoms. The number of alkyl halides is 10. The van der Waals surface area contributed by atoms with Crippen molar-refractivity contribution in [3.63, 3.8) is 0 Å². The molecule has 0 heterocycles. The molecule has 0 N–H and O–H groups in total. The highest BCUT2D eigenvalue weighted by Gasteiger charge is 2.27. The lowest BCUT2D eigenvalue weighted by Crippen LogP contribution is -2.15. The van der Waals surface area contributed by atoms with E-state index in [9.17, 15) is 0 Å². The summed E-state index contributed by atoms with van der Waals surface area (Å²) < 4.78 is 70.6. The standard InChI is InChI=1S/C75H100Br10O10/c1-46(26-76)36-86-66-16-57-12-59-19-71(91-41-51(6)31-81)61(21-70(59)90-40-50(5)30-80)14-63-23-75(95-45-55(10)35-85)65(25-74(63)94-44-54(9)34-84)15-64-24-72(92-42-52(7)32-82)62(22-73(64)93-43-53(8)33-83)13-60-20-68(88-38-48(3)28-78)58(18-69(60)89-39-49(4)29-79)11-56(66)17-67(57)87-37-47(2)27-77/h16-25,46-55H,11-15,26-45H2,1-10H3/t46-,47-,48-,49-,50-,51-,52-,53-,54-,55-/m1/s1. The van der Waals surface area contributed by atoms with Gasteiger partial charge < -0.3 is 47.4 Å². The summed E-state index contributed by atoms with van der Waals surface area (Å²) in [6.07, 6.45) is 2.30. The molecule has 0 spiro atoms. The number of benzene rings is 5. The molecule has 0 saturated carbocycles. The maximum absolute atomic E-state index is 7.06. The lowest BCUT2D eigenvalue weighted by molar-refractivity contribution is 0.259. The summed E-state index contributed by atoms with van der Waals surface area (Å²) in [7, 11) is 0. The van der Waals surface area contributed by atoms with Gasteiger partial charge in [-0.1, -0.05) is 229 Å². The zero-order valence-corrected chi connectivity index (χ0v) is 72.9. The molecule has 15 rings (SSSR count). The van der Waals surface area contributed by atoms with E-state index in [0.717, 1.165) is 166 Å². The summed E-state index contributed by atoms with van der Waals surface area (Å²) in [4.78, 5) is 0. The first-order chi connectivity index (χ1) is 45.7. The van der Waals surface area contributed by atoms with E-state index in [4.69, 9.17) is 47.4 Å². The van der Waals surface area contributed by atoms with E-state index in [2.05, 4.69) is 289 Å². The van der Waals surface area contributed by atoms with Gasteiger partial charge >= 0.3 is 0 Å². The normalized spacial score (nSPS) is 15.6. The van der Waals surface area contributed by atoms with E-state index in [0.29, 0.717) is 98.2 Å². The highest BCUT2D eigenvalue weighted by molar-refractivity contribution is 9.10. The Morgan fingerprint density at radius 2 is 0.274 bits per heavy atom. The van der Waals surface area contributed by atoms with E-state index < -0.39 is 0 Å². The molecule has 0 unspecified atom stereocenters. The second-order valence-corrected chi connectivity index (χ2v) is 33.4. The van der Waals surface area contributed by atoms with Crippen LogP contribution in [0.2, 0.25) is 0 Å². The largest absolute Gasteiger partial charge is 0.493 e. The Kier molecular flexibility index (Phi) is 38.2. The predicted octanol–water partition coefficient (Wildman–Crippen LogP) is 22.1. The van der Waals surface area contributed by atoms with Crippen molar-refractivity contribution in [3.8, 4) is 57.5 Å². The Morgan fingerprint density at radius 3 is 0.347 bits per heavy atom. The first kappa shape index (κ1) is 82.9. The zero-order valence-electron chi connectivity index (χ0n) is 57.1. The summed E-state index contributed by atoms with van der Waals surface area (Å²) in [5.41, 5.74) is 9.63. The van der Waals surface area contributed by atoms with Crippen LogP contribution in [-0.2, 0) is 32.1 Å². The van der Waals surface area contributed by atoms with Gasteiger partial charge in [-0.2, -0.15) is 0 Å². The van der Waals surface area contributed by atoms with E-state index in [-0.39, 0.29) is 59.2 Å². The molecule has 5 aromatic rings. The summed E-state index contributed by atoms with van der Waals surface area (Å²) in [5, 5.41) is 7.81. The highest BCUT2D eigenvalue weighted by Crippen LogP contribution is 2.44. The van der Waals surface area contributed by atoms with Crippen LogP contribution in [0.1, 0.15) is 125 Å². The molecule has 0 aliphatic heterocycles. The molecular formula is C75H100Br10O10. The Hall–Kier alpha value is -1.10. The van der Waals surface area contributed by atoms with E-state index in [1.807, 2.05) is 0 Å². The van der Waals surface area contributed by atoms with Crippen molar-refractivity contribution in [1.29, 1.82) is 0 Å². The second kappa shape index (κ2) is 43.8. The van der Waals surface area contributed by atoms with Crippen LogP contribution in [0.3, 0.4) is 0 Å². The maximum Gasteiger partial charge on any atom is 0.123 e. The summed E-state index contributed by atoms with van der Waals surface area (Å²) in [6, 6.07) is 22.0. The van der Waals surface area contributed by atoms with Crippen molar-refractivity contribution < 1.29 is 47.4 Å². The predicted molar refractivity (Wildman–Crippen MR) is 431 cm³/mol. The molecule has 0 amide bonds. The number of ether oxygens (including phenoxy) is 10. The molecule has 0 radical (unpaired) electrons. The van der Waals surface area contributed by atoms with Crippen LogP contribution in [0, 0.1) is 59.2 Å². The Bertz CT molecular complexity index is 2450. The molecule has 0 saturated heterocycles. The molecule has 5 aromatic carbocycles. The topological polar surface area (TPSA) is 92.3 Å². The molecule has 0 fully saturated rings. The van der Waals surface area contributed by atoms with Gasteiger partial charge in [0.15, 0.2) is 0 Å². The molecule has 10 aliphatic carbocycles. The molecule has 530 valence electrons. The first-order valence-electron chi connectivity index (χ1n) is 33.3. The van der Waals surface area contributed by atoms with Gasteiger partial charge in [0, 0.05) is 141 Å². The third kappa shape index (κ3) is 26.9. The summed E-state index contributed by atoms with van der Waals surface area (Å²) >= 11 is 37.6. The lowest BCUT2D eigenvalue weighted by atomic mass is 9.94. The van der Waals surface area contributed by atoms with Gasteiger partial charge in [0.1, 0.15) is 57.5 Å². The van der Waals surface area contributed by atoms with Crippen LogP contribution in [0.5, 0.6) is 57.5 Å². The van der Waals surface area contributed by atoms with Gasteiger partial charge in [0.05, 0.1) is 66.1 Å². The van der Waals surface area contributed by atoms with Gasteiger partial charge in [-0.3, -0.25) is 0 Å². The number of hydrogen-bond acceptors (Lipinski definition) is 10. The van der Waals surface area contributed by atoms with Crippen LogP contribution in [-0.4, -0.2) is 119 Å². The molecule has 20 heteroatoms. The van der Waals surface area contributed by atoms with E-state index in [1.165, 1.54) is 0 Å². The minimum atomic E-state index is 0.220. The van der Waals surface area contributed by atoms with Crippen molar-refractivity contribution in [2.24, 2.45) is 59.2 Å². The summed E-state index contributed by atoms with van der Waals surface area (Å²) in [5.74, 6) is 9.87. The van der Waals surface area contributed by atoms with Gasteiger partial charge in [-0.05, 0) is 120 Å². The average molecular weight is 1960 g/mol. The van der Waals surface area contributed by atoms with Crippen molar-refractivity contribution in [2.45, 2.75) is 101 Å². The van der Waals surface area contributed by atoms with Crippen molar-refractivity contribution >= 4 is 159 Å². The first-order valence-corrected chi connectivity index (χ1v) is 44.6. The SMILES string of the molecule is C[C@H](CBr)COc1cc2c(OC[C@H](C)CBr)cc1Cc1cc(OC[C@H](C)CBr)c(cc1OC[C@H](C)CBr)Cc1cc(OC[C@H](C)CBr)c(cc1OC[C@H](C)CBr)Cc1cc(OC[C@H](C)CBr)c(cc1OC[C@H](C)CBr)Cc1cc(OC[C@H](C)CBr)c(cc1OC[C@H](C)CBr)C2. The van der Waals surface area contributed by atoms with E-state index in [1.54, 1.807) is 0 Å². The fraction of sp³-hybridized carbons (Fsp3) is 0.600. The minimum absolute atomic E-state index is 0.220. The zero-order chi connectivity index (χ0) is 69.1. The van der Waals surface area contributed by atoms with Gasteiger partial charge in [-0.15, -0.1) is 0 Å². The van der Waals surface area contributed by atoms with Gasteiger partial charge in [0.25, 0.3) is 0 Å². The number of rotatable bonds is 40. The fourth-order valence-electron chi connectivity index (χ4n) is 9.74. The van der Waals surface area contributed by atoms with Gasteiger partial charge in [0.2, 0.25) is 0 Å². The Balaban J connectivity index is 1.83. The highest BCUT2D eigenvalue weighted by atomic mass is 79.9. The third-order valence-electron chi connectivity index (χ3n) is 16.0. The Morgan fingerprint density at radius 1 is 0.189 bits per heavy atom. The van der Waals surface area contributed by atoms with Crippen LogP contribution < -0.4 is 47.4 Å². The molecule has 10 atom stereocenters. The fourth-order valence-corrected chi connectivity index (χ4v) is 11.6. The number of halogens is 10. The second-order valence-electron chi connectivity index (χ2n) is 26.9. The van der Waals surface area contributed by atoms with Crippen molar-refractivity contribution in [2.75, 3.05) is 119 Å². The molecular weight excluding hydrogens is 1860 g/mol. The Labute approximate surface area is 653 Å². The minimum Gasteiger partial charge on any atom is -0.493 e. The van der Waals surface area contributed by atoms with Crippen LogP contribution in [0.25, 0.3) is 0 Å². The molecule has 10 nitrogen and oxygen atoms in total. The molecule has 10 aliphatic rings. The van der Waals surface area contributed by atoms with Crippen LogP contribution in [0.4, 0.5) is 0 Å². The van der Waals surface area contributed by atoms with Crippen molar-refractivity contribution in [1.82, 2.24) is 0 Å². The third-order valence-corrected chi connectivity index (χ3v) is 27.0.